The summed E-state index contributed by atoms with van der Waals surface area (Å²) in [6, 6.07) is 16.0. The van der Waals surface area contributed by atoms with Crippen molar-refractivity contribution in [2.24, 2.45) is 0 Å². The zero-order chi connectivity index (χ0) is 33.1. The van der Waals surface area contributed by atoms with Gasteiger partial charge in [-0.05, 0) is 67.9 Å². The fraction of sp³-hybridized carbons (Fsp3) is 0.290. The van der Waals surface area contributed by atoms with Crippen molar-refractivity contribution in [2.45, 2.75) is 32.1 Å². The molecule has 238 valence electrons. The number of nitrogens with two attached hydrogens (primary N) is 1. The largest absolute Gasteiger partial charge is 0.468 e. The van der Waals surface area contributed by atoms with E-state index in [0.29, 0.717) is 28.7 Å². The average Bonchev–Trinajstić information content (AvgIpc) is 3.16. The van der Waals surface area contributed by atoms with Crippen molar-refractivity contribution < 1.29 is 41.8 Å². The molecule has 0 saturated carbocycles. The van der Waals surface area contributed by atoms with Gasteiger partial charge in [-0.15, -0.1) is 0 Å². The molecule has 3 aromatic rings. The van der Waals surface area contributed by atoms with Crippen LogP contribution in [0.1, 0.15) is 25.0 Å². The van der Waals surface area contributed by atoms with E-state index in [9.17, 15) is 32.3 Å². The molecule has 1 saturated heterocycles. The standard InChI is InChI=1S/C31H32F3N5O6/c1-30(2)28(42)39(22-13-14-24(35)23(15-22)31(32,33)34)29(43)38(30)16-19-7-5-6-8-25(19)36-20-9-11-21(12-10-20)37(17-26(40)44-3)18-27(41)45-4/h5-15,36H,16-18,35H2,1-4H3. The summed E-state index contributed by atoms with van der Waals surface area (Å²) < 4.78 is 50.0. The molecule has 4 rings (SSSR count). The Hall–Kier alpha value is -5.27. The van der Waals surface area contributed by atoms with E-state index in [1.165, 1.54) is 43.9 Å². The quantitative estimate of drug-likeness (QED) is 0.182. The predicted octanol–water partition coefficient (Wildman–Crippen LogP) is 4.93. The van der Waals surface area contributed by atoms with Crippen LogP contribution in [0.4, 0.5) is 46.4 Å². The molecule has 0 aromatic heterocycles. The first-order valence-corrected chi connectivity index (χ1v) is 13.6. The normalized spacial score (nSPS) is 14.4. The lowest BCUT2D eigenvalue weighted by atomic mass is 10.0. The number of methoxy groups -OCH3 is 2. The minimum Gasteiger partial charge on any atom is -0.468 e. The van der Waals surface area contributed by atoms with Crippen molar-refractivity contribution in [3.63, 3.8) is 0 Å². The second-order valence-corrected chi connectivity index (χ2v) is 10.7. The first-order chi connectivity index (χ1) is 21.2. The summed E-state index contributed by atoms with van der Waals surface area (Å²) in [7, 11) is 2.49. The van der Waals surface area contributed by atoms with Crippen molar-refractivity contribution >= 4 is 52.3 Å². The zero-order valence-corrected chi connectivity index (χ0v) is 25.0. The van der Waals surface area contributed by atoms with Gasteiger partial charge in [0, 0.05) is 22.7 Å². The summed E-state index contributed by atoms with van der Waals surface area (Å²) in [4.78, 5) is 54.3. The highest BCUT2D eigenvalue weighted by molar-refractivity contribution is 6.23. The van der Waals surface area contributed by atoms with Gasteiger partial charge in [-0.1, -0.05) is 18.2 Å². The number of nitrogens with one attached hydrogen (secondary N) is 1. The number of hydrogen-bond donors (Lipinski definition) is 2. The summed E-state index contributed by atoms with van der Waals surface area (Å²) in [5, 5.41) is 3.27. The van der Waals surface area contributed by atoms with E-state index in [-0.39, 0.29) is 25.3 Å². The molecule has 0 atom stereocenters. The molecule has 0 bridgehead atoms. The third kappa shape index (κ3) is 6.95. The second kappa shape index (κ2) is 12.8. The molecule has 0 unspecified atom stereocenters. The maximum absolute atomic E-state index is 13.6. The van der Waals surface area contributed by atoms with Gasteiger partial charge in [-0.25, -0.2) is 9.69 Å². The highest BCUT2D eigenvalue weighted by atomic mass is 19.4. The summed E-state index contributed by atoms with van der Waals surface area (Å²) >= 11 is 0. The molecular weight excluding hydrogens is 595 g/mol. The molecular formula is C31H32F3N5O6. The Bertz CT molecular complexity index is 1590. The number of halogens is 3. The molecule has 3 aromatic carbocycles. The minimum absolute atomic E-state index is 0.0392. The second-order valence-electron chi connectivity index (χ2n) is 10.7. The van der Waals surface area contributed by atoms with Crippen LogP contribution in [-0.4, -0.2) is 61.6 Å². The number of imide groups is 1. The van der Waals surface area contributed by atoms with Gasteiger partial charge >= 0.3 is 24.1 Å². The molecule has 0 radical (unpaired) electrons. The molecule has 1 fully saturated rings. The molecule has 14 heteroatoms. The number of para-hydroxylation sites is 1. The summed E-state index contributed by atoms with van der Waals surface area (Å²) in [6.45, 7) is 2.66. The number of ether oxygens (including phenoxy) is 2. The van der Waals surface area contributed by atoms with Crippen molar-refractivity contribution in [1.82, 2.24) is 4.90 Å². The van der Waals surface area contributed by atoms with Crippen LogP contribution in [-0.2, 0) is 36.6 Å². The predicted molar refractivity (Wildman–Crippen MR) is 161 cm³/mol. The molecule has 1 aliphatic heterocycles. The van der Waals surface area contributed by atoms with E-state index in [1.807, 2.05) is 0 Å². The lowest BCUT2D eigenvalue weighted by Crippen LogP contribution is -2.43. The van der Waals surface area contributed by atoms with Crippen LogP contribution >= 0.6 is 0 Å². The number of anilines is 5. The fourth-order valence-corrected chi connectivity index (χ4v) is 4.80. The molecule has 0 spiro atoms. The topological polar surface area (TPSA) is 135 Å². The van der Waals surface area contributed by atoms with Crippen LogP contribution in [0.15, 0.2) is 66.7 Å². The Morgan fingerprint density at radius 3 is 2.11 bits per heavy atom. The zero-order valence-electron chi connectivity index (χ0n) is 25.0. The van der Waals surface area contributed by atoms with Crippen LogP contribution in [0, 0.1) is 0 Å². The van der Waals surface area contributed by atoms with Crippen molar-refractivity contribution in [1.29, 1.82) is 0 Å². The number of benzene rings is 3. The lowest BCUT2D eigenvalue weighted by Gasteiger charge is -2.28. The maximum atomic E-state index is 13.6. The van der Waals surface area contributed by atoms with Crippen LogP contribution < -0.4 is 20.9 Å². The summed E-state index contributed by atoms with van der Waals surface area (Å²) in [6.07, 6.45) is -4.77. The van der Waals surface area contributed by atoms with Gasteiger partial charge in [0.15, 0.2) is 0 Å². The maximum Gasteiger partial charge on any atom is 0.418 e. The molecule has 1 aliphatic rings. The van der Waals surface area contributed by atoms with Crippen LogP contribution in [0.5, 0.6) is 0 Å². The molecule has 45 heavy (non-hydrogen) atoms. The molecule has 0 aliphatic carbocycles. The Morgan fingerprint density at radius 2 is 1.53 bits per heavy atom. The Balaban J connectivity index is 1.57. The van der Waals surface area contributed by atoms with Gasteiger partial charge in [0.2, 0.25) is 0 Å². The first kappa shape index (κ1) is 32.6. The van der Waals surface area contributed by atoms with E-state index >= 15 is 0 Å². The van der Waals surface area contributed by atoms with Gasteiger partial charge in [0.25, 0.3) is 5.91 Å². The van der Waals surface area contributed by atoms with Gasteiger partial charge < -0.3 is 30.3 Å². The van der Waals surface area contributed by atoms with Crippen molar-refractivity contribution in [3.8, 4) is 0 Å². The fourth-order valence-electron chi connectivity index (χ4n) is 4.80. The Kier molecular flexibility index (Phi) is 9.26. The SMILES string of the molecule is COC(=O)CN(CC(=O)OC)c1ccc(Nc2ccccc2CN2C(=O)N(c3ccc(N)c(C(F)(F)F)c3)C(=O)C2(C)C)cc1. The van der Waals surface area contributed by atoms with Gasteiger partial charge in [0.05, 0.1) is 32.0 Å². The number of amides is 3. The number of nitrogens with zero attached hydrogens (tertiary/aromatic N) is 3. The van der Waals surface area contributed by atoms with Crippen molar-refractivity contribution in [3.05, 3.63) is 77.9 Å². The van der Waals surface area contributed by atoms with E-state index in [0.717, 1.165) is 11.0 Å². The Morgan fingerprint density at radius 1 is 0.933 bits per heavy atom. The number of carbonyl (C=O) groups is 4. The number of nitrogen functional groups attached to an aromatic ring is 1. The summed E-state index contributed by atoms with van der Waals surface area (Å²) in [5.74, 6) is -1.76. The van der Waals surface area contributed by atoms with Crippen LogP contribution in [0.25, 0.3) is 0 Å². The van der Waals surface area contributed by atoms with E-state index < -0.39 is 46.8 Å². The number of hydrogen-bond acceptors (Lipinski definition) is 9. The average molecular weight is 628 g/mol. The number of urea groups is 1. The first-order valence-electron chi connectivity index (χ1n) is 13.6. The lowest BCUT2D eigenvalue weighted by molar-refractivity contribution is -0.140. The number of alkyl halides is 3. The third-order valence-corrected chi connectivity index (χ3v) is 7.38. The molecule has 3 amide bonds. The minimum atomic E-state index is -4.77. The molecule has 3 N–H and O–H groups in total. The van der Waals surface area contributed by atoms with E-state index in [4.69, 9.17) is 15.2 Å². The number of carbonyl (C=O) groups excluding carboxylic acids is 4. The van der Waals surface area contributed by atoms with Gasteiger partial charge in [0.1, 0.15) is 18.6 Å². The highest BCUT2D eigenvalue weighted by Gasteiger charge is 2.52. The third-order valence-electron chi connectivity index (χ3n) is 7.38. The molecule has 11 nitrogen and oxygen atoms in total. The number of rotatable bonds is 10. The Labute approximate surface area is 257 Å². The van der Waals surface area contributed by atoms with E-state index in [2.05, 4.69) is 5.32 Å². The van der Waals surface area contributed by atoms with Crippen molar-refractivity contribution in [2.75, 3.05) is 48.2 Å². The van der Waals surface area contributed by atoms with E-state index in [1.54, 1.807) is 48.5 Å². The summed E-state index contributed by atoms with van der Waals surface area (Å²) in [5.41, 5.74) is 4.66. The smallest absolute Gasteiger partial charge is 0.418 e. The molecule has 1 heterocycles. The monoisotopic (exact) mass is 627 g/mol. The van der Waals surface area contributed by atoms with Crippen LogP contribution in [0.3, 0.4) is 0 Å². The van der Waals surface area contributed by atoms with Crippen LogP contribution in [0.2, 0.25) is 0 Å². The highest BCUT2D eigenvalue weighted by Crippen LogP contribution is 2.39. The van der Waals surface area contributed by atoms with Gasteiger partial charge in [-0.2, -0.15) is 13.2 Å². The van der Waals surface area contributed by atoms with Gasteiger partial charge in [-0.3, -0.25) is 14.4 Å². The number of esters is 2.